The van der Waals surface area contributed by atoms with Crippen LogP contribution in [0.25, 0.3) is 10.1 Å². The molecule has 2 aliphatic rings. The van der Waals surface area contributed by atoms with Crippen LogP contribution in [0.15, 0.2) is 24.3 Å². The Hall–Kier alpha value is 0.333. The molecule has 145 valence electrons. The second-order valence-corrected chi connectivity index (χ2v) is 16.2. The number of carbonyl (C=O) groups excluding carboxylic acids is 1. The minimum absolute atomic E-state index is 0. The molecule has 5 heteroatoms. The van der Waals surface area contributed by atoms with E-state index in [0.29, 0.717) is 0 Å². The number of fused-ring (bicyclic) bond motifs is 1. The van der Waals surface area contributed by atoms with Crippen LogP contribution in [0.3, 0.4) is 0 Å². The van der Waals surface area contributed by atoms with Crippen molar-refractivity contribution in [3.63, 3.8) is 0 Å². The average Bonchev–Trinajstić information content (AvgIpc) is 3.24. The van der Waals surface area contributed by atoms with Crippen molar-refractivity contribution in [1.82, 2.24) is 0 Å². The van der Waals surface area contributed by atoms with Gasteiger partial charge in [-0.3, -0.25) is 6.77 Å². The molecule has 1 radical (unpaired) electrons. The molecule has 0 unspecified atom stereocenters. The molecule has 1 aromatic carbocycles. The standard InChI is InChI=1S/C20H28P2S.CHO.Rh/c1-13-9-10-14(2)21(13)19-17-7-5-6-8-18(17)23-20(19)22-15(3)11-12-16(22)4;1-2;/h5-8,13-16H,9-12H2,1-4H3;1H;/q;-1;/p+2/t13-,14-,15-,16-;;/m0../s1/i;1D;. The van der Waals surface area contributed by atoms with Crippen LogP contribution in [0.1, 0.15) is 54.7 Å². The molecular weight excluding hydrogens is 465 g/mol. The smallest absolute Gasteiger partial charge is 0.187 e. The van der Waals surface area contributed by atoms with Gasteiger partial charge in [0.2, 0.25) is 0 Å². The second-order valence-electron chi connectivity index (χ2n) is 7.97. The summed E-state index contributed by atoms with van der Waals surface area (Å²) < 4.78 is 8.88. The van der Waals surface area contributed by atoms with Gasteiger partial charge in [-0.25, -0.2) is 0 Å². The zero-order chi connectivity index (χ0) is 18.8. The van der Waals surface area contributed by atoms with Gasteiger partial charge in [-0.15, -0.1) is 0 Å². The Morgan fingerprint density at radius 2 is 1.42 bits per heavy atom. The van der Waals surface area contributed by atoms with Crippen molar-refractivity contribution in [1.29, 1.82) is 0 Å². The first kappa shape index (κ1) is 21.1. The van der Waals surface area contributed by atoms with Gasteiger partial charge in [0.1, 0.15) is 0 Å². The van der Waals surface area contributed by atoms with Crippen molar-refractivity contribution < 1.29 is 25.6 Å². The number of benzene rings is 1. The molecule has 3 heterocycles. The monoisotopic (exact) mass is 497 g/mol. The summed E-state index contributed by atoms with van der Waals surface area (Å²) in [6, 6.07) is 9.33. The Kier molecular flexibility index (Phi) is 7.85. The summed E-state index contributed by atoms with van der Waals surface area (Å²) in [7, 11) is -0.779. The molecular formula is C21H31OP2RhS+. The molecule has 0 N–H and O–H groups in total. The molecule has 2 saturated heterocycles. The van der Waals surface area contributed by atoms with Crippen molar-refractivity contribution >= 4 is 54.0 Å². The third-order valence-electron chi connectivity index (χ3n) is 6.34. The van der Waals surface area contributed by atoms with Crippen molar-refractivity contribution in [2.45, 2.75) is 76.0 Å². The van der Waals surface area contributed by atoms with E-state index in [1.807, 2.05) is 9.92 Å². The van der Waals surface area contributed by atoms with Gasteiger partial charge in [0.05, 0.1) is 30.6 Å². The SMILES string of the molecule is C[C@H]1CC[C@H](C)[PH+]1c1sc2ccccc2c1[PH+]1[C@@H](C)CC[C@@H]1C.[2H][C-]=O.[Rh]. The first-order chi connectivity index (χ1) is 12.5. The molecule has 2 aromatic rings. The Bertz CT molecular complexity index is 748. The summed E-state index contributed by atoms with van der Waals surface area (Å²) in [6.07, 6.45) is 5.87. The van der Waals surface area contributed by atoms with Crippen LogP contribution in [0.4, 0.5) is 0 Å². The molecule has 26 heavy (non-hydrogen) atoms. The van der Waals surface area contributed by atoms with Crippen molar-refractivity contribution in [2.75, 3.05) is 0 Å². The zero-order valence-electron chi connectivity index (χ0n) is 17.1. The third-order valence-corrected chi connectivity index (χ3v) is 16.0. The van der Waals surface area contributed by atoms with Crippen LogP contribution in [-0.4, -0.2) is 29.4 Å². The van der Waals surface area contributed by atoms with Crippen LogP contribution in [-0.2, 0) is 24.3 Å². The molecule has 0 saturated carbocycles. The fourth-order valence-corrected chi connectivity index (χ4v) is 16.3. The first-order valence-electron chi connectivity index (χ1n) is 10.0. The molecule has 2 fully saturated rings. The van der Waals surface area contributed by atoms with Gasteiger partial charge in [0, 0.05) is 37.5 Å². The number of rotatable bonds is 2. The van der Waals surface area contributed by atoms with E-state index in [1.54, 1.807) is 10.1 Å². The Morgan fingerprint density at radius 3 is 1.96 bits per heavy atom. The summed E-state index contributed by atoms with van der Waals surface area (Å²) in [5.41, 5.74) is 3.86. The topological polar surface area (TPSA) is 17.1 Å². The van der Waals surface area contributed by atoms with Crippen LogP contribution >= 0.6 is 27.2 Å². The minimum Gasteiger partial charge on any atom is -0.545 e. The summed E-state index contributed by atoms with van der Waals surface area (Å²) in [5.74, 6) is 0. The van der Waals surface area contributed by atoms with Crippen molar-refractivity contribution in [2.24, 2.45) is 0 Å². The normalized spacial score (nSPS) is 29.8. The van der Waals surface area contributed by atoms with Gasteiger partial charge in [-0.2, -0.15) is 1.37 Å². The molecule has 0 aliphatic carbocycles. The van der Waals surface area contributed by atoms with Crippen LogP contribution < -0.4 is 9.92 Å². The van der Waals surface area contributed by atoms with E-state index >= 15 is 0 Å². The van der Waals surface area contributed by atoms with Gasteiger partial charge in [-0.1, -0.05) is 23.5 Å². The van der Waals surface area contributed by atoms with Gasteiger partial charge in [0.25, 0.3) is 0 Å². The Morgan fingerprint density at radius 1 is 0.962 bits per heavy atom. The van der Waals surface area contributed by atoms with Gasteiger partial charge < -0.3 is 4.79 Å². The fraction of sp³-hybridized carbons (Fsp3) is 0.571. The van der Waals surface area contributed by atoms with E-state index in [1.165, 1.54) is 25.7 Å². The van der Waals surface area contributed by atoms with E-state index in [4.69, 9.17) is 6.17 Å². The maximum absolute atomic E-state index is 8.35. The largest absolute Gasteiger partial charge is 0.545 e. The second kappa shape index (κ2) is 9.70. The third kappa shape index (κ3) is 4.03. The van der Waals surface area contributed by atoms with Crippen LogP contribution in [0, 0.1) is 0 Å². The molecule has 0 amide bonds. The number of hydrogen-bond acceptors (Lipinski definition) is 2. The average molecular weight is 497 g/mol. The maximum atomic E-state index is 8.35. The molecule has 4 atom stereocenters. The summed E-state index contributed by atoms with van der Waals surface area (Å²) in [5, 5.41) is 3.55. The summed E-state index contributed by atoms with van der Waals surface area (Å²) >= 11 is 2.19. The van der Waals surface area contributed by atoms with Gasteiger partial charge in [0.15, 0.2) is 9.92 Å². The summed E-state index contributed by atoms with van der Waals surface area (Å²) in [4.78, 5) is 8.35. The Balaban J connectivity index is 0.000000614. The summed E-state index contributed by atoms with van der Waals surface area (Å²) in [6.45, 7) is 10.9. The van der Waals surface area contributed by atoms with E-state index in [0.717, 1.165) is 29.4 Å². The minimum atomic E-state index is -0.404. The van der Waals surface area contributed by atoms with Gasteiger partial charge >= 0.3 is 0 Å². The van der Waals surface area contributed by atoms with E-state index in [-0.39, 0.29) is 27.4 Å². The first-order valence-corrected chi connectivity index (χ1v) is 13.7. The number of thiophene rings is 1. The van der Waals surface area contributed by atoms with E-state index in [2.05, 4.69) is 63.3 Å². The Labute approximate surface area is 179 Å². The predicted octanol–water partition coefficient (Wildman–Crippen LogP) is 5.45. The van der Waals surface area contributed by atoms with E-state index < -0.39 is 7.92 Å². The van der Waals surface area contributed by atoms with Crippen LogP contribution in [0.2, 0.25) is 0 Å². The van der Waals surface area contributed by atoms with Crippen LogP contribution in [0.5, 0.6) is 0 Å². The predicted molar refractivity (Wildman–Crippen MR) is 121 cm³/mol. The quantitative estimate of drug-likeness (QED) is 0.234. The zero-order valence-corrected chi connectivity index (χ0v) is 20.6. The molecule has 0 spiro atoms. The number of hydrogen-bond donors (Lipinski definition) is 0. The molecule has 4 rings (SSSR count). The van der Waals surface area contributed by atoms with E-state index in [9.17, 15) is 0 Å². The molecule has 1 aromatic heterocycles. The molecule has 2 aliphatic heterocycles. The van der Waals surface area contributed by atoms with Crippen molar-refractivity contribution in [3.05, 3.63) is 24.3 Å². The fourth-order valence-electron chi connectivity index (χ4n) is 5.07. The molecule has 1 nitrogen and oxygen atoms in total. The van der Waals surface area contributed by atoms with Crippen molar-refractivity contribution in [3.8, 4) is 0 Å². The maximum Gasteiger partial charge on any atom is 0.187 e. The molecule has 0 bridgehead atoms. The van der Waals surface area contributed by atoms with Gasteiger partial charge in [-0.05, 0) is 65.5 Å².